The molecule has 2 rings (SSSR count). The number of pyridine rings is 1. The molecule has 5 nitrogen and oxygen atoms in total. The quantitative estimate of drug-likeness (QED) is 0.835. The molecule has 92 valence electrons. The number of hydrogen-bond donors (Lipinski definition) is 1. The molecule has 1 N–H and O–H groups in total. The van der Waals surface area contributed by atoms with Gasteiger partial charge < -0.3 is 14.5 Å². The lowest BCUT2D eigenvalue weighted by Crippen LogP contribution is -2.14. The topological polar surface area (TPSA) is 75.1 Å². The second-order valence-electron chi connectivity index (χ2n) is 3.77. The van der Waals surface area contributed by atoms with Crippen LogP contribution < -0.4 is 10.2 Å². The van der Waals surface area contributed by atoms with Crippen molar-refractivity contribution in [2.24, 2.45) is 0 Å². The van der Waals surface area contributed by atoms with E-state index >= 15 is 0 Å². The average molecular weight is 244 g/mol. The van der Waals surface area contributed by atoms with Gasteiger partial charge in [0.15, 0.2) is 11.7 Å². The van der Waals surface area contributed by atoms with Crippen LogP contribution in [0.3, 0.4) is 0 Å². The lowest BCUT2D eigenvalue weighted by molar-refractivity contribution is -0.0383. The van der Waals surface area contributed by atoms with Crippen LogP contribution in [-0.4, -0.2) is 18.4 Å². The van der Waals surface area contributed by atoms with Gasteiger partial charge in [-0.05, 0) is 13.0 Å². The minimum absolute atomic E-state index is 0.133. The van der Waals surface area contributed by atoms with Crippen molar-refractivity contribution in [2.75, 3.05) is 7.11 Å². The molecule has 5 heteroatoms. The average Bonchev–Trinajstić information content (AvgIpc) is 2.38. The Morgan fingerprint density at radius 1 is 1.44 bits per heavy atom. The summed E-state index contributed by atoms with van der Waals surface area (Å²) in [6.07, 6.45) is 1.09. The molecule has 18 heavy (non-hydrogen) atoms. The van der Waals surface area contributed by atoms with E-state index in [2.05, 4.69) is 4.98 Å². The molecule has 0 saturated heterocycles. The molecule has 1 heterocycles. The third kappa shape index (κ3) is 2.19. The molecule has 0 aliphatic carbocycles. The Bertz CT molecular complexity index is 670. The zero-order valence-electron chi connectivity index (χ0n) is 10.1. The van der Waals surface area contributed by atoms with E-state index in [1.165, 1.54) is 19.2 Å². The van der Waals surface area contributed by atoms with E-state index < -0.39 is 6.29 Å². The number of hydrogen-bond acceptors (Lipinski definition) is 4. The SMILES string of the molecule is COC(C)Oc1cc2[nH]ccc(=O)c2cc1C#N. The third-order valence-corrected chi connectivity index (χ3v) is 2.60. The Labute approximate surface area is 104 Å². The van der Waals surface area contributed by atoms with Gasteiger partial charge in [0.05, 0.1) is 11.1 Å². The molecular weight excluding hydrogens is 232 g/mol. The number of rotatable bonds is 3. The number of aromatic amines is 1. The standard InChI is InChI=1S/C13H12N2O3/c1-8(17-2)18-13-6-11-10(5-9(13)7-14)12(16)3-4-15-11/h3-6,8H,1-2H3,(H,15,16). The fourth-order valence-electron chi connectivity index (χ4n) is 1.61. The van der Waals surface area contributed by atoms with Gasteiger partial charge in [0.25, 0.3) is 0 Å². The third-order valence-electron chi connectivity index (χ3n) is 2.60. The molecule has 0 radical (unpaired) electrons. The van der Waals surface area contributed by atoms with Gasteiger partial charge >= 0.3 is 0 Å². The fraction of sp³-hybridized carbons (Fsp3) is 0.231. The molecule has 0 aliphatic heterocycles. The van der Waals surface area contributed by atoms with Crippen LogP contribution in [0.4, 0.5) is 0 Å². The van der Waals surface area contributed by atoms with Crippen LogP contribution in [0, 0.1) is 11.3 Å². The first-order valence-electron chi connectivity index (χ1n) is 5.40. The molecule has 0 bridgehead atoms. The highest BCUT2D eigenvalue weighted by molar-refractivity contribution is 5.82. The minimum atomic E-state index is -0.468. The summed E-state index contributed by atoms with van der Waals surface area (Å²) >= 11 is 0. The second-order valence-corrected chi connectivity index (χ2v) is 3.77. The van der Waals surface area contributed by atoms with E-state index in [0.29, 0.717) is 22.2 Å². The molecule has 1 atom stereocenters. The molecule has 0 saturated carbocycles. The molecule has 1 unspecified atom stereocenters. The van der Waals surface area contributed by atoms with Crippen LogP contribution in [-0.2, 0) is 4.74 Å². The Kier molecular flexibility index (Phi) is 3.31. The molecule has 2 aromatic rings. The number of aromatic nitrogens is 1. The first kappa shape index (κ1) is 12.1. The molecule has 0 spiro atoms. The van der Waals surface area contributed by atoms with Crippen molar-refractivity contribution in [3.63, 3.8) is 0 Å². The Morgan fingerprint density at radius 2 is 2.22 bits per heavy atom. The summed E-state index contributed by atoms with van der Waals surface area (Å²) in [5.41, 5.74) is 0.800. The molecule has 0 fully saturated rings. The van der Waals surface area contributed by atoms with Gasteiger partial charge in [-0.3, -0.25) is 4.79 Å². The van der Waals surface area contributed by atoms with Crippen LogP contribution in [0.1, 0.15) is 12.5 Å². The maximum atomic E-state index is 11.6. The number of nitrogens with one attached hydrogen (secondary N) is 1. The number of methoxy groups -OCH3 is 1. The number of benzene rings is 1. The number of nitriles is 1. The number of H-pyrrole nitrogens is 1. The lowest BCUT2D eigenvalue weighted by atomic mass is 10.1. The molecule has 1 aromatic heterocycles. The van der Waals surface area contributed by atoms with Crippen LogP contribution >= 0.6 is 0 Å². The highest BCUT2D eigenvalue weighted by atomic mass is 16.7. The summed E-state index contributed by atoms with van der Waals surface area (Å²) in [7, 11) is 1.51. The number of ether oxygens (including phenoxy) is 2. The summed E-state index contributed by atoms with van der Waals surface area (Å²) in [5, 5.41) is 9.54. The summed E-state index contributed by atoms with van der Waals surface area (Å²) in [6, 6.07) is 6.58. The van der Waals surface area contributed by atoms with Gasteiger partial charge in [-0.2, -0.15) is 5.26 Å². The molecule has 1 aromatic carbocycles. The zero-order chi connectivity index (χ0) is 13.1. The molecule has 0 aliphatic rings. The van der Waals surface area contributed by atoms with E-state index in [9.17, 15) is 4.79 Å². The van der Waals surface area contributed by atoms with Gasteiger partial charge in [0, 0.05) is 30.8 Å². The van der Waals surface area contributed by atoms with Gasteiger partial charge in [-0.25, -0.2) is 0 Å². The summed E-state index contributed by atoms with van der Waals surface area (Å²) < 4.78 is 10.5. The largest absolute Gasteiger partial charge is 0.464 e. The number of nitrogens with zero attached hydrogens (tertiary/aromatic N) is 1. The van der Waals surface area contributed by atoms with Crippen molar-refractivity contribution in [2.45, 2.75) is 13.2 Å². The highest BCUT2D eigenvalue weighted by Gasteiger charge is 2.10. The zero-order valence-corrected chi connectivity index (χ0v) is 10.1. The van der Waals surface area contributed by atoms with Crippen LogP contribution in [0.25, 0.3) is 10.9 Å². The van der Waals surface area contributed by atoms with Gasteiger partial charge in [-0.1, -0.05) is 0 Å². The normalized spacial score (nSPS) is 12.1. The minimum Gasteiger partial charge on any atom is -0.464 e. The van der Waals surface area contributed by atoms with Crippen LogP contribution in [0.5, 0.6) is 5.75 Å². The first-order valence-corrected chi connectivity index (χ1v) is 5.40. The van der Waals surface area contributed by atoms with Crippen molar-refractivity contribution >= 4 is 10.9 Å². The van der Waals surface area contributed by atoms with Crippen molar-refractivity contribution in [1.29, 1.82) is 5.26 Å². The van der Waals surface area contributed by atoms with Gasteiger partial charge in [0.1, 0.15) is 11.8 Å². The van der Waals surface area contributed by atoms with E-state index in [4.69, 9.17) is 14.7 Å². The Balaban J connectivity index is 2.60. The van der Waals surface area contributed by atoms with Crippen molar-refractivity contribution in [3.8, 4) is 11.8 Å². The predicted molar refractivity (Wildman–Crippen MR) is 66.4 cm³/mol. The second kappa shape index (κ2) is 4.90. The van der Waals surface area contributed by atoms with Gasteiger partial charge in [0.2, 0.25) is 0 Å². The van der Waals surface area contributed by atoms with Crippen LogP contribution in [0.15, 0.2) is 29.2 Å². The summed E-state index contributed by atoms with van der Waals surface area (Å²) in [4.78, 5) is 14.6. The highest BCUT2D eigenvalue weighted by Crippen LogP contribution is 2.23. The molecule has 0 amide bonds. The fourth-order valence-corrected chi connectivity index (χ4v) is 1.61. The monoisotopic (exact) mass is 244 g/mol. The first-order chi connectivity index (χ1) is 8.65. The van der Waals surface area contributed by atoms with Crippen molar-refractivity contribution in [1.82, 2.24) is 4.98 Å². The smallest absolute Gasteiger partial charge is 0.196 e. The van der Waals surface area contributed by atoms with E-state index in [0.717, 1.165) is 0 Å². The Hall–Kier alpha value is -2.32. The summed E-state index contributed by atoms with van der Waals surface area (Å²) in [6.45, 7) is 1.72. The van der Waals surface area contributed by atoms with Crippen molar-refractivity contribution in [3.05, 3.63) is 40.2 Å². The predicted octanol–water partition coefficient (Wildman–Crippen LogP) is 1.77. The molecular formula is C13H12N2O3. The summed E-state index contributed by atoms with van der Waals surface area (Å²) in [5.74, 6) is 0.390. The van der Waals surface area contributed by atoms with E-state index in [-0.39, 0.29) is 5.43 Å². The maximum Gasteiger partial charge on any atom is 0.196 e. The number of fused-ring (bicyclic) bond motifs is 1. The van der Waals surface area contributed by atoms with Gasteiger partial charge in [-0.15, -0.1) is 0 Å². The van der Waals surface area contributed by atoms with Crippen molar-refractivity contribution < 1.29 is 9.47 Å². The Morgan fingerprint density at radius 3 is 2.89 bits per heavy atom. The van der Waals surface area contributed by atoms with E-state index in [1.807, 2.05) is 6.07 Å². The van der Waals surface area contributed by atoms with E-state index in [1.54, 1.807) is 19.2 Å². The maximum absolute atomic E-state index is 11.6. The lowest BCUT2D eigenvalue weighted by Gasteiger charge is -2.14. The van der Waals surface area contributed by atoms with Crippen LogP contribution in [0.2, 0.25) is 0 Å².